The van der Waals surface area contributed by atoms with Gasteiger partial charge in [-0.1, -0.05) is 23.7 Å². The van der Waals surface area contributed by atoms with Crippen molar-refractivity contribution in [3.63, 3.8) is 0 Å². The Morgan fingerprint density at radius 2 is 2.22 bits per heavy atom. The Labute approximate surface area is 113 Å². The van der Waals surface area contributed by atoms with Crippen LogP contribution in [0.2, 0.25) is 5.02 Å². The van der Waals surface area contributed by atoms with Crippen LogP contribution in [0.1, 0.15) is 18.1 Å². The number of hydrogen-bond acceptors (Lipinski definition) is 2. The molecule has 0 aliphatic rings. The fraction of sp³-hybridized carbons (Fsp3) is 0.357. The number of carbonyl (C=O) groups excluding carboxylic acids is 1. The van der Waals surface area contributed by atoms with Gasteiger partial charge < -0.3 is 10.0 Å². The van der Waals surface area contributed by atoms with Crippen molar-refractivity contribution in [1.29, 1.82) is 0 Å². The molecule has 0 aliphatic heterocycles. The number of halogens is 1. The van der Waals surface area contributed by atoms with Gasteiger partial charge in [0.2, 0.25) is 5.91 Å². The van der Waals surface area contributed by atoms with Crippen LogP contribution in [0.4, 0.5) is 0 Å². The van der Waals surface area contributed by atoms with Crippen LogP contribution in [0.3, 0.4) is 0 Å². The van der Waals surface area contributed by atoms with Crippen LogP contribution < -0.4 is 0 Å². The molecule has 1 rings (SSSR count). The molecule has 0 aromatic heterocycles. The number of hydrogen-bond donors (Lipinski definition) is 1. The third-order valence-electron chi connectivity index (χ3n) is 2.53. The molecular weight excluding hydrogens is 250 g/mol. The molecule has 1 atom stereocenters. The van der Waals surface area contributed by atoms with Gasteiger partial charge in [-0.25, -0.2) is 0 Å². The maximum Gasteiger partial charge on any atom is 0.246 e. The number of aliphatic hydroxyl groups is 1. The average Bonchev–Trinajstić information content (AvgIpc) is 2.29. The lowest BCUT2D eigenvalue weighted by Gasteiger charge is -2.16. The zero-order valence-electron chi connectivity index (χ0n) is 10.9. The third kappa shape index (κ3) is 4.51. The summed E-state index contributed by atoms with van der Waals surface area (Å²) in [7, 11) is 1.65. The molecule has 0 bridgehead atoms. The summed E-state index contributed by atoms with van der Waals surface area (Å²) in [4.78, 5) is 13.2. The Morgan fingerprint density at radius 3 is 2.78 bits per heavy atom. The first-order chi connectivity index (χ1) is 8.40. The van der Waals surface area contributed by atoms with Crippen molar-refractivity contribution in [2.45, 2.75) is 20.0 Å². The number of rotatable bonds is 4. The van der Waals surface area contributed by atoms with Crippen LogP contribution in [0.25, 0.3) is 6.08 Å². The molecule has 98 valence electrons. The van der Waals surface area contributed by atoms with E-state index < -0.39 is 6.10 Å². The molecule has 1 amide bonds. The lowest BCUT2D eigenvalue weighted by Crippen LogP contribution is -2.31. The van der Waals surface area contributed by atoms with Gasteiger partial charge in [0.05, 0.1) is 6.10 Å². The van der Waals surface area contributed by atoms with Gasteiger partial charge in [0, 0.05) is 24.7 Å². The topological polar surface area (TPSA) is 40.5 Å². The molecule has 1 aromatic carbocycles. The molecule has 0 saturated heterocycles. The molecule has 0 aliphatic carbocycles. The second-order valence-electron chi connectivity index (χ2n) is 4.41. The lowest BCUT2D eigenvalue weighted by atomic mass is 10.1. The summed E-state index contributed by atoms with van der Waals surface area (Å²) in [5.41, 5.74) is 1.88. The van der Waals surface area contributed by atoms with Gasteiger partial charge in [0.1, 0.15) is 0 Å². The molecule has 1 aromatic rings. The highest BCUT2D eigenvalue weighted by Gasteiger charge is 2.07. The number of amides is 1. The van der Waals surface area contributed by atoms with Gasteiger partial charge in [-0.15, -0.1) is 0 Å². The van der Waals surface area contributed by atoms with Gasteiger partial charge in [-0.3, -0.25) is 4.79 Å². The highest BCUT2D eigenvalue weighted by Crippen LogP contribution is 2.17. The van der Waals surface area contributed by atoms with Crippen molar-refractivity contribution < 1.29 is 9.90 Å². The molecule has 0 heterocycles. The molecule has 4 heteroatoms. The van der Waals surface area contributed by atoms with Crippen molar-refractivity contribution in [1.82, 2.24) is 4.90 Å². The van der Waals surface area contributed by atoms with Crippen LogP contribution in [0, 0.1) is 6.92 Å². The summed E-state index contributed by atoms with van der Waals surface area (Å²) in [5.74, 6) is -0.146. The van der Waals surface area contributed by atoms with Gasteiger partial charge >= 0.3 is 0 Å². The minimum absolute atomic E-state index is 0.146. The highest BCUT2D eigenvalue weighted by atomic mass is 35.5. The molecular formula is C14H18ClNO2. The van der Waals surface area contributed by atoms with E-state index in [1.54, 1.807) is 20.0 Å². The van der Waals surface area contributed by atoms with Crippen LogP contribution in [-0.2, 0) is 4.79 Å². The number of carbonyl (C=O) groups is 1. The van der Waals surface area contributed by atoms with Gasteiger partial charge in [0.25, 0.3) is 0 Å². The summed E-state index contributed by atoms with van der Waals surface area (Å²) < 4.78 is 0. The average molecular weight is 268 g/mol. The smallest absolute Gasteiger partial charge is 0.246 e. The highest BCUT2D eigenvalue weighted by molar-refractivity contribution is 6.31. The number of aryl methyl sites for hydroxylation is 1. The third-order valence-corrected chi connectivity index (χ3v) is 2.94. The van der Waals surface area contributed by atoms with Crippen LogP contribution in [0.15, 0.2) is 24.3 Å². The summed E-state index contributed by atoms with van der Waals surface area (Å²) in [6, 6.07) is 5.63. The number of likely N-dealkylation sites (N-methyl/N-ethyl adjacent to an activating group) is 1. The zero-order valence-corrected chi connectivity index (χ0v) is 11.6. The second kappa shape index (κ2) is 6.57. The fourth-order valence-electron chi connectivity index (χ4n) is 1.49. The predicted molar refractivity (Wildman–Crippen MR) is 74.5 cm³/mol. The first-order valence-corrected chi connectivity index (χ1v) is 6.15. The Morgan fingerprint density at radius 1 is 1.56 bits per heavy atom. The quantitative estimate of drug-likeness (QED) is 0.852. The first kappa shape index (κ1) is 14.7. The number of nitrogens with zero attached hydrogens (tertiary/aromatic N) is 1. The van der Waals surface area contributed by atoms with E-state index in [2.05, 4.69) is 0 Å². The summed E-state index contributed by atoms with van der Waals surface area (Å²) >= 11 is 6.00. The summed E-state index contributed by atoms with van der Waals surface area (Å²) in [6.07, 6.45) is 2.66. The van der Waals surface area contributed by atoms with Gasteiger partial charge in [0.15, 0.2) is 0 Å². The Balaban J connectivity index is 2.68. The molecule has 3 nitrogen and oxygen atoms in total. The van der Waals surface area contributed by atoms with Crippen molar-refractivity contribution in [2.75, 3.05) is 13.6 Å². The molecule has 0 fully saturated rings. The van der Waals surface area contributed by atoms with E-state index in [1.807, 2.05) is 25.1 Å². The molecule has 0 radical (unpaired) electrons. The molecule has 0 spiro atoms. The van der Waals surface area contributed by atoms with E-state index >= 15 is 0 Å². The lowest BCUT2D eigenvalue weighted by molar-refractivity contribution is -0.125. The first-order valence-electron chi connectivity index (χ1n) is 5.77. The van der Waals surface area contributed by atoms with Crippen LogP contribution in [-0.4, -0.2) is 35.6 Å². The minimum atomic E-state index is -0.527. The van der Waals surface area contributed by atoms with Crippen molar-refractivity contribution >= 4 is 23.6 Å². The maximum atomic E-state index is 11.7. The summed E-state index contributed by atoms with van der Waals surface area (Å²) in [6.45, 7) is 3.89. The largest absolute Gasteiger partial charge is 0.392 e. The van der Waals surface area contributed by atoms with Crippen molar-refractivity contribution in [3.8, 4) is 0 Å². The SMILES string of the molecule is Cc1ccc(C=CC(=O)N(C)CC(C)O)cc1Cl. The van der Waals surface area contributed by atoms with E-state index in [9.17, 15) is 9.90 Å². The fourth-order valence-corrected chi connectivity index (χ4v) is 1.68. The molecule has 0 saturated carbocycles. The Hall–Kier alpha value is -1.32. The normalized spacial score (nSPS) is 12.7. The van der Waals surface area contributed by atoms with Gasteiger partial charge in [-0.2, -0.15) is 0 Å². The van der Waals surface area contributed by atoms with Crippen LogP contribution >= 0.6 is 11.6 Å². The Bertz CT molecular complexity index is 455. The van der Waals surface area contributed by atoms with E-state index in [-0.39, 0.29) is 5.91 Å². The van der Waals surface area contributed by atoms with Crippen LogP contribution in [0.5, 0.6) is 0 Å². The van der Waals surface area contributed by atoms with E-state index in [0.717, 1.165) is 11.1 Å². The van der Waals surface area contributed by atoms with E-state index in [4.69, 9.17) is 11.6 Å². The molecule has 1 N–H and O–H groups in total. The van der Waals surface area contributed by atoms with Crippen molar-refractivity contribution in [3.05, 3.63) is 40.4 Å². The Kier molecular flexibility index (Phi) is 5.38. The second-order valence-corrected chi connectivity index (χ2v) is 4.82. The molecule has 1 unspecified atom stereocenters. The zero-order chi connectivity index (χ0) is 13.7. The standard InChI is InChI=1S/C14H18ClNO2/c1-10-4-5-12(8-13(10)15)6-7-14(18)16(3)9-11(2)17/h4-8,11,17H,9H2,1-3H3. The number of benzene rings is 1. The minimum Gasteiger partial charge on any atom is -0.392 e. The monoisotopic (exact) mass is 267 g/mol. The summed E-state index contributed by atoms with van der Waals surface area (Å²) in [5, 5.41) is 9.87. The van der Waals surface area contributed by atoms with E-state index in [1.165, 1.54) is 11.0 Å². The predicted octanol–water partition coefficient (Wildman–Crippen LogP) is 2.50. The number of aliphatic hydroxyl groups excluding tert-OH is 1. The van der Waals surface area contributed by atoms with Gasteiger partial charge in [-0.05, 0) is 37.1 Å². The maximum absolute atomic E-state index is 11.7. The molecule has 18 heavy (non-hydrogen) atoms. The van der Waals surface area contributed by atoms with E-state index in [0.29, 0.717) is 11.6 Å². The van der Waals surface area contributed by atoms with Crippen molar-refractivity contribution in [2.24, 2.45) is 0 Å².